The normalized spacial score (nSPS) is 14.4. The lowest BCUT2D eigenvalue weighted by Gasteiger charge is -2.27. The van der Waals surface area contributed by atoms with Gasteiger partial charge in [0.15, 0.2) is 0 Å². The number of carbonyl (C=O) groups excluding carboxylic acids is 1. The number of amides is 1. The van der Waals surface area contributed by atoms with Crippen LogP contribution >= 0.6 is 24.0 Å². The molecule has 1 saturated heterocycles. The summed E-state index contributed by atoms with van der Waals surface area (Å²) in [6, 6.07) is 25.0. The second kappa shape index (κ2) is 12.2. The maximum absolute atomic E-state index is 12.4. The molecule has 0 unspecified atom stereocenters. The average molecular weight is 559 g/mol. The highest BCUT2D eigenvalue weighted by Crippen LogP contribution is 2.36. The van der Waals surface area contributed by atoms with Crippen LogP contribution in [-0.4, -0.2) is 60.9 Å². The van der Waals surface area contributed by atoms with E-state index in [1.165, 1.54) is 0 Å². The highest BCUT2D eigenvalue weighted by Gasteiger charge is 2.32. The van der Waals surface area contributed by atoms with Crippen LogP contribution in [0.4, 0.5) is 28.4 Å². The van der Waals surface area contributed by atoms with Crippen molar-refractivity contribution in [2.75, 3.05) is 49.4 Å². The lowest BCUT2D eigenvalue weighted by Crippen LogP contribution is -2.33. The molecule has 1 heterocycles. The Hall–Kier alpha value is -4.08. The van der Waals surface area contributed by atoms with Crippen molar-refractivity contribution in [1.29, 1.82) is 0 Å². The lowest BCUT2D eigenvalue weighted by atomic mass is 10.1. The minimum absolute atomic E-state index is 0.253. The van der Waals surface area contributed by atoms with Crippen molar-refractivity contribution in [2.24, 2.45) is 0 Å². The first-order valence-electron chi connectivity index (χ1n) is 12.2. The summed E-state index contributed by atoms with van der Waals surface area (Å²) in [6.07, 6.45) is 5.34. The molecule has 0 bridgehead atoms. The molecule has 0 radical (unpaired) electrons. The molecule has 7 nitrogen and oxygen atoms in total. The van der Waals surface area contributed by atoms with E-state index in [2.05, 4.69) is 75.4 Å². The van der Waals surface area contributed by atoms with Crippen LogP contribution in [0.25, 0.3) is 6.08 Å². The Morgan fingerprint density at radius 1 is 0.821 bits per heavy atom. The molecule has 1 aliphatic rings. The topological polar surface area (TPSA) is 67.3 Å². The van der Waals surface area contributed by atoms with Crippen LogP contribution < -0.4 is 14.7 Å². The van der Waals surface area contributed by atoms with E-state index in [-0.39, 0.29) is 10.2 Å². The van der Waals surface area contributed by atoms with Crippen molar-refractivity contribution in [1.82, 2.24) is 4.90 Å². The summed E-state index contributed by atoms with van der Waals surface area (Å²) in [5.41, 5.74) is 6.32. The summed E-state index contributed by atoms with van der Waals surface area (Å²) in [4.78, 5) is 31.3. The standard InChI is InChI=1S/C30H30N4O3S2/c1-31(2)22-12-16-25(17-13-22)34(26-18-14-23(15-19-26)32(3)4)24-10-8-21(9-11-24)6-5-7-27-29(37)33(20-28(35)36)30(38)39-27/h5-19H,20H2,1-4H3,(H,35,36). The highest BCUT2D eigenvalue weighted by atomic mass is 32.2. The number of thiocarbonyl (C=S) groups is 1. The zero-order chi connectivity index (χ0) is 28.1. The fourth-order valence-corrected chi connectivity index (χ4v) is 5.22. The van der Waals surface area contributed by atoms with Crippen LogP contribution in [0.2, 0.25) is 0 Å². The largest absolute Gasteiger partial charge is 0.480 e. The molecule has 0 saturated carbocycles. The number of hydrogen-bond donors (Lipinski definition) is 1. The molecule has 39 heavy (non-hydrogen) atoms. The molecule has 1 aliphatic heterocycles. The predicted molar refractivity (Wildman–Crippen MR) is 166 cm³/mol. The van der Waals surface area contributed by atoms with Gasteiger partial charge in [-0.05, 0) is 72.3 Å². The number of hydrogen-bond acceptors (Lipinski definition) is 7. The van der Waals surface area contributed by atoms with Crippen molar-refractivity contribution in [3.8, 4) is 0 Å². The molecule has 0 atom stereocenters. The third-order valence-electron chi connectivity index (χ3n) is 6.10. The van der Waals surface area contributed by atoms with E-state index < -0.39 is 12.5 Å². The monoisotopic (exact) mass is 558 g/mol. The molecule has 0 aromatic heterocycles. The summed E-state index contributed by atoms with van der Waals surface area (Å²) in [7, 11) is 8.10. The van der Waals surface area contributed by atoms with Crippen molar-refractivity contribution in [3.63, 3.8) is 0 Å². The number of carboxylic acids is 1. The Morgan fingerprint density at radius 2 is 1.26 bits per heavy atom. The summed E-state index contributed by atoms with van der Waals surface area (Å²) >= 11 is 6.25. The maximum atomic E-state index is 12.4. The second-order valence-corrected chi connectivity index (χ2v) is 11.0. The first-order valence-corrected chi connectivity index (χ1v) is 13.5. The van der Waals surface area contributed by atoms with Gasteiger partial charge in [0.25, 0.3) is 5.91 Å². The molecule has 0 aliphatic carbocycles. The Labute approximate surface area is 238 Å². The van der Waals surface area contributed by atoms with Crippen LogP contribution in [0.5, 0.6) is 0 Å². The van der Waals surface area contributed by atoms with Gasteiger partial charge in [-0.2, -0.15) is 0 Å². The number of rotatable bonds is 9. The number of anilines is 5. The van der Waals surface area contributed by atoms with Crippen molar-refractivity contribution < 1.29 is 14.7 Å². The first-order chi connectivity index (χ1) is 18.6. The van der Waals surface area contributed by atoms with E-state index in [9.17, 15) is 9.59 Å². The molecule has 3 aromatic rings. The van der Waals surface area contributed by atoms with Crippen LogP contribution in [0.1, 0.15) is 5.56 Å². The zero-order valence-electron chi connectivity index (χ0n) is 22.2. The average Bonchev–Trinajstić information content (AvgIpc) is 3.17. The van der Waals surface area contributed by atoms with E-state index in [1.807, 2.05) is 46.4 Å². The number of allylic oxidation sites excluding steroid dienone is 2. The lowest BCUT2D eigenvalue weighted by molar-refractivity contribution is -0.140. The van der Waals surface area contributed by atoms with Gasteiger partial charge in [-0.3, -0.25) is 14.5 Å². The predicted octanol–water partition coefficient (Wildman–Crippen LogP) is 6.13. The number of carboxylic acid groups (broad SMARTS) is 1. The molecule has 200 valence electrons. The zero-order valence-corrected chi connectivity index (χ0v) is 23.9. The van der Waals surface area contributed by atoms with Gasteiger partial charge in [-0.1, -0.05) is 48.3 Å². The van der Waals surface area contributed by atoms with Crippen LogP contribution in [-0.2, 0) is 9.59 Å². The second-order valence-electron chi connectivity index (χ2n) is 9.29. The minimum Gasteiger partial charge on any atom is -0.480 e. The van der Waals surface area contributed by atoms with Crippen LogP contribution in [0, 0.1) is 0 Å². The maximum Gasteiger partial charge on any atom is 0.323 e. The summed E-state index contributed by atoms with van der Waals surface area (Å²) in [6.45, 7) is -0.431. The molecule has 3 aromatic carbocycles. The quantitative estimate of drug-likeness (QED) is 0.249. The third-order valence-corrected chi connectivity index (χ3v) is 7.50. The van der Waals surface area contributed by atoms with E-state index >= 15 is 0 Å². The number of nitrogens with zero attached hydrogens (tertiary/aromatic N) is 4. The van der Waals surface area contributed by atoms with Gasteiger partial charge >= 0.3 is 5.97 Å². The third kappa shape index (κ3) is 6.68. The number of carbonyl (C=O) groups is 2. The molecule has 0 spiro atoms. The van der Waals surface area contributed by atoms with Crippen LogP contribution in [0.15, 0.2) is 89.9 Å². The van der Waals surface area contributed by atoms with Gasteiger partial charge in [0.05, 0.1) is 4.91 Å². The van der Waals surface area contributed by atoms with Crippen molar-refractivity contribution in [2.45, 2.75) is 0 Å². The first kappa shape index (κ1) is 27.9. The smallest absolute Gasteiger partial charge is 0.323 e. The van der Waals surface area contributed by atoms with Gasteiger partial charge in [0, 0.05) is 56.6 Å². The molecule has 1 fully saturated rings. The molecule has 1 N–H and O–H groups in total. The number of aliphatic carboxylic acids is 1. The Bertz CT molecular complexity index is 1360. The van der Waals surface area contributed by atoms with E-state index in [0.717, 1.165) is 50.7 Å². The SMILES string of the molecule is CN(C)c1ccc(N(c2ccc(C=CC=C3SC(=S)N(CC(=O)O)C3=O)cc2)c2ccc(N(C)C)cc2)cc1. The van der Waals surface area contributed by atoms with E-state index in [4.69, 9.17) is 17.3 Å². The fourth-order valence-electron chi connectivity index (χ4n) is 4.01. The number of benzene rings is 3. The summed E-state index contributed by atoms with van der Waals surface area (Å²) in [5.74, 6) is -1.48. The summed E-state index contributed by atoms with van der Waals surface area (Å²) in [5, 5.41) is 8.99. The van der Waals surface area contributed by atoms with Gasteiger partial charge in [0.2, 0.25) is 0 Å². The molecule has 4 rings (SSSR count). The molecular weight excluding hydrogens is 528 g/mol. The Morgan fingerprint density at radius 3 is 1.69 bits per heavy atom. The minimum atomic E-state index is -1.10. The highest BCUT2D eigenvalue weighted by molar-refractivity contribution is 8.26. The van der Waals surface area contributed by atoms with Gasteiger partial charge < -0.3 is 19.8 Å². The fraction of sp³-hybridized carbons (Fsp3) is 0.167. The van der Waals surface area contributed by atoms with E-state index in [0.29, 0.717) is 4.91 Å². The van der Waals surface area contributed by atoms with Crippen LogP contribution in [0.3, 0.4) is 0 Å². The molecule has 9 heteroatoms. The van der Waals surface area contributed by atoms with E-state index in [1.54, 1.807) is 12.2 Å². The summed E-state index contributed by atoms with van der Waals surface area (Å²) < 4.78 is 0.253. The Kier molecular flexibility index (Phi) is 8.73. The van der Waals surface area contributed by atoms with Gasteiger partial charge in [0.1, 0.15) is 10.9 Å². The van der Waals surface area contributed by atoms with Gasteiger partial charge in [-0.25, -0.2) is 0 Å². The van der Waals surface area contributed by atoms with Crippen molar-refractivity contribution >= 4 is 74.7 Å². The Balaban J connectivity index is 1.58. The molecular formula is C30H30N4O3S2. The van der Waals surface area contributed by atoms with Gasteiger partial charge in [-0.15, -0.1) is 0 Å². The van der Waals surface area contributed by atoms with Crippen molar-refractivity contribution in [3.05, 3.63) is 95.4 Å². The molecule has 1 amide bonds. The number of thioether (sulfide) groups is 1.